The van der Waals surface area contributed by atoms with E-state index in [4.69, 9.17) is 9.15 Å². The van der Waals surface area contributed by atoms with Crippen molar-refractivity contribution in [3.05, 3.63) is 64.8 Å². The van der Waals surface area contributed by atoms with E-state index in [1.807, 2.05) is 25.3 Å². The van der Waals surface area contributed by atoms with E-state index in [0.717, 1.165) is 11.1 Å². The summed E-state index contributed by atoms with van der Waals surface area (Å²) in [4.78, 5) is 12.5. The Morgan fingerprint density at radius 2 is 1.86 bits per heavy atom. The third kappa shape index (κ3) is 4.21. The van der Waals surface area contributed by atoms with Crippen LogP contribution in [-0.4, -0.2) is 34.6 Å². The van der Waals surface area contributed by atoms with Gasteiger partial charge in [-0.25, -0.2) is 22.6 Å². The Morgan fingerprint density at radius 1 is 1.21 bits per heavy atom. The molecule has 2 heterocycles. The predicted octanol–water partition coefficient (Wildman–Crippen LogP) is 3.54. The van der Waals surface area contributed by atoms with Crippen molar-refractivity contribution >= 4 is 5.91 Å². The van der Waals surface area contributed by atoms with Crippen LogP contribution >= 0.6 is 0 Å². The van der Waals surface area contributed by atoms with Gasteiger partial charge >= 0.3 is 5.91 Å². The largest absolute Gasteiger partial charge is 0.486 e. The number of nitrogens with zero attached hydrogens (tertiary/aromatic N) is 1. The number of ether oxygens (including phenoxy) is 1. The van der Waals surface area contributed by atoms with E-state index < -0.39 is 35.9 Å². The Labute approximate surface area is 163 Å². The van der Waals surface area contributed by atoms with Crippen molar-refractivity contribution in [3.8, 4) is 5.75 Å². The van der Waals surface area contributed by atoms with Gasteiger partial charge in [-0.05, 0) is 49.2 Å². The minimum atomic E-state index is -3.53. The van der Waals surface area contributed by atoms with Gasteiger partial charge in [0.25, 0.3) is 12.9 Å². The second-order valence-corrected chi connectivity index (χ2v) is 6.61. The first-order valence-electron chi connectivity index (χ1n) is 8.52. The first-order chi connectivity index (χ1) is 13.6. The number of amides is 1. The molecule has 0 bridgehead atoms. The molecule has 1 aliphatic rings. The van der Waals surface area contributed by atoms with Crippen molar-refractivity contribution in [2.45, 2.75) is 39.0 Å². The number of carbonyl (C=O) groups excluding carboxylic acids is 1. The molecule has 1 aromatic carbocycles. The van der Waals surface area contributed by atoms with E-state index in [9.17, 15) is 27.5 Å². The van der Waals surface area contributed by atoms with E-state index in [1.54, 1.807) is 12.1 Å². The smallest absolute Gasteiger partial charge is 0.311 e. The number of aliphatic hydroxyl groups is 1. The van der Waals surface area contributed by atoms with Crippen LogP contribution in [0.1, 0.15) is 27.4 Å². The fourth-order valence-electron chi connectivity index (χ4n) is 2.88. The topological polar surface area (TPSA) is 74.9 Å². The molecule has 1 atom stereocenters. The van der Waals surface area contributed by atoms with E-state index >= 15 is 0 Å². The number of rotatable bonds is 6. The molecule has 0 saturated heterocycles. The molecule has 1 amide bonds. The standard InChI is InChI=1S/C19H18F4N2O4/c1-10-5-11(2)7-13(6-10)28-9-12-3-4-15(29-12)17(26)25-19(27,18(22)23)8-14(24-25)16(20)21/h3-8,16,18,24,27H,9H2,1-2H3. The van der Waals surface area contributed by atoms with Crippen LogP contribution in [-0.2, 0) is 6.61 Å². The highest BCUT2D eigenvalue weighted by atomic mass is 19.3. The summed E-state index contributed by atoms with van der Waals surface area (Å²) in [6.45, 7) is 3.75. The molecule has 0 radical (unpaired) electrons. The highest BCUT2D eigenvalue weighted by Crippen LogP contribution is 2.31. The third-order valence-electron chi connectivity index (χ3n) is 4.18. The molecule has 0 aliphatic carbocycles. The van der Waals surface area contributed by atoms with Crippen LogP contribution in [0.15, 0.2) is 46.5 Å². The highest BCUT2D eigenvalue weighted by molar-refractivity contribution is 5.92. The molecule has 2 N–H and O–H groups in total. The molecule has 10 heteroatoms. The average Bonchev–Trinajstić information content (AvgIpc) is 3.24. The van der Waals surface area contributed by atoms with Crippen molar-refractivity contribution < 1.29 is 36.6 Å². The Balaban J connectivity index is 1.73. The number of hydrogen-bond acceptors (Lipinski definition) is 5. The SMILES string of the molecule is Cc1cc(C)cc(OCc2ccc(C(=O)N3NC(C(F)F)=CC3(O)C(F)F)o2)c1. The monoisotopic (exact) mass is 414 g/mol. The molecule has 1 unspecified atom stereocenters. The number of nitrogens with one attached hydrogen (secondary N) is 1. The Morgan fingerprint density at radius 3 is 2.45 bits per heavy atom. The van der Waals surface area contributed by atoms with E-state index in [-0.39, 0.29) is 23.5 Å². The highest BCUT2D eigenvalue weighted by Gasteiger charge is 2.51. The van der Waals surface area contributed by atoms with E-state index in [2.05, 4.69) is 0 Å². The van der Waals surface area contributed by atoms with Gasteiger partial charge in [-0.2, -0.15) is 0 Å². The Kier molecular flexibility index (Phi) is 5.56. The van der Waals surface area contributed by atoms with Crippen LogP contribution in [0.25, 0.3) is 0 Å². The van der Waals surface area contributed by atoms with Crippen LogP contribution in [0.4, 0.5) is 17.6 Å². The lowest BCUT2D eigenvalue weighted by atomic mass is 10.1. The summed E-state index contributed by atoms with van der Waals surface area (Å²) >= 11 is 0. The number of hydrazine groups is 1. The van der Waals surface area contributed by atoms with Crippen molar-refractivity contribution in [3.63, 3.8) is 0 Å². The van der Waals surface area contributed by atoms with Gasteiger partial charge in [0.15, 0.2) is 5.76 Å². The second-order valence-electron chi connectivity index (χ2n) is 6.61. The quantitative estimate of drug-likeness (QED) is 0.708. The van der Waals surface area contributed by atoms with Crippen molar-refractivity contribution in [2.75, 3.05) is 0 Å². The summed E-state index contributed by atoms with van der Waals surface area (Å²) in [5.41, 5.74) is -0.446. The Bertz CT molecular complexity index is 924. The second kappa shape index (κ2) is 7.78. The molecule has 1 aliphatic heterocycles. The maximum Gasteiger partial charge on any atom is 0.311 e. The molecule has 29 heavy (non-hydrogen) atoms. The van der Waals surface area contributed by atoms with Gasteiger partial charge in [-0.3, -0.25) is 10.2 Å². The molecular weight excluding hydrogens is 396 g/mol. The fraction of sp³-hybridized carbons (Fsp3) is 0.316. The molecule has 6 nitrogen and oxygen atoms in total. The summed E-state index contributed by atoms with van der Waals surface area (Å²) in [6.07, 6.45) is -6.50. The summed E-state index contributed by atoms with van der Waals surface area (Å²) in [7, 11) is 0. The van der Waals surface area contributed by atoms with Crippen LogP contribution in [0.5, 0.6) is 5.75 Å². The van der Waals surface area contributed by atoms with Crippen molar-refractivity contribution in [2.24, 2.45) is 0 Å². The zero-order chi connectivity index (χ0) is 21.3. The first kappa shape index (κ1) is 20.7. The average molecular weight is 414 g/mol. The molecule has 2 aromatic rings. The molecule has 0 saturated carbocycles. The molecule has 156 valence electrons. The van der Waals surface area contributed by atoms with Gasteiger partial charge in [0.2, 0.25) is 5.72 Å². The van der Waals surface area contributed by atoms with Gasteiger partial charge < -0.3 is 14.3 Å². The van der Waals surface area contributed by atoms with Gasteiger partial charge in [0, 0.05) is 6.08 Å². The van der Waals surface area contributed by atoms with E-state index in [0.29, 0.717) is 5.75 Å². The number of allylic oxidation sites excluding steroid dienone is 1. The van der Waals surface area contributed by atoms with Crippen molar-refractivity contribution in [1.29, 1.82) is 0 Å². The number of halogens is 4. The summed E-state index contributed by atoms with van der Waals surface area (Å²) in [5.74, 6) is -0.892. The van der Waals surface area contributed by atoms with Crippen molar-refractivity contribution in [1.82, 2.24) is 10.4 Å². The molecule has 0 spiro atoms. The number of furan rings is 1. The number of alkyl halides is 4. The molecule has 1 aromatic heterocycles. The lowest BCUT2D eigenvalue weighted by Crippen LogP contribution is -2.56. The fourth-order valence-corrected chi connectivity index (χ4v) is 2.88. The lowest BCUT2D eigenvalue weighted by Gasteiger charge is -2.30. The zero-order valence-corrected chi connectivity index (χ0v) is 15.5. The Hall–Kier alpha value is -3.01. The normalized spacial score (nSPS) is 18.9. The minimum Gasteiger partial charge on any atom is -0.486 e. The zero-order valence-electron chi connectivity index (χ0n) is 15.5. The maximum atomic E-state index is 13.2. The first-order valence-corrected chi connectivity index (χ1v) is 8.52. The molecule has 0 fully saturated rings. The lowest BCUT2D eigenvalue weighted by molar-refractivity contribution is -0.147. The van der Waals surface area contributed by atoms with E-state index in [1.165, 1.54) is 12.1 Å². The van der Waals surface area contributed by atoms with Crippen LogP contribution in [0, 0.1) is 13.8 Å². The summed E-state index contributed by atoms with van der Waals surface area (Å²) in [6, 6.07) is 8.13. The van der Waals surface area contributed by atoms with Gasteiger partial charge in [-0.15, -0.1) is 0 Å². The van der Waals surface area contributed by atoms with Crippen LogP contribution in [0.3, 0.4) is 0 Å². The van der Waals surface area contributed by atoms with Gasteiger partial charge in [0.1, 0.15) is 18.1 Å². The summed E-state index contributed by atoms with van der Waals surface area (Å²) < 4.78 is 63.0. The maximum absolute atomic E-state index is 13.2. The molecular formula is C19H18F4N2O4. The predicted molar refractivity (Wildman–Crippen MR) is 93.3 cm³/mol. The van der Waals surface area contributed by atoms with Crippen LogP contribution in [0.2, 0.25) is 0 Å². The number of carbonyl (C=O) groups is 1. The third-order valence-corrected chi connectivity index (χ3v) is 4.18. The number of hydrogen-bond donors (Lipinski definition) is 2. The van der Waals surface area contributed by atoms with Gasteiger partial charge in [0.05, 0.1) is 5.70 Å². The summed E-state index contributed by atoms with van der Waals surface area (Å²) in [5, 5.41) is 10.0. The van der Waals surface area contributed by atoms with Crippen LogP contribution < -0.4 is 10.2 Å². The van der Waals surface area contributed by atoms with Gasteiger partial charge in [-0.1, -0.05) is 6.07 Å². The molecule has 3 rings (SSSR count). The number of benzene rings is 1. The minimum absolute atomic E-state index is 0.0204. The number of aryl methyl sites for hydroxylation is 2.